The molecule has 3 heterocycles. The van der Waals surface area contributed by atoms with Gasteiger partial charge in [-0.15, -0.1) is 0 Å². The Morgan fingerprint density at radius 3 is 2.61 bits per heavy atom. The molecule has 1 aromatic carbocycles. The summed E-state index contributed by atoms with van der Waals surface area (Å²) < 4.78 is 1.76. The van der Waals surface area contributed by atoms with Gasteiger partial charge in [0.15, 0.2) is 0 Å². The number of nitrogens with zero attached hydrogens (tertiary/aromatic N) is 3. The topological polar surface area (TPSA) is 105 Å². The Bertz CT molecular complexity index is 943. The monoisotopic (exact) mass is 382 g/mol. The summed E-state index contributed by atoms with van der Waals surface area (Å²) in [5.41, 5.74) is 2.42. The normalized spacial score (nSPS) is 19.8. The SMILES string of the molecule is Cc1c(C(=O)O)cnn1C1CCN(C(=O)C2CC(=O)Nc3ccccc32)CC1. The molecule has 1 unspecified atom stereocenters. The number of likely N-dealkylation sites (tertiary alicyclic amines) is 1. The predicted octanol–water partition coefficient (Wildman–Crippen LogP) is 2.18. The van der Waals surface area contributed by atoms with Gasteiger partial charge in [-0.1, -0.05) is 18.2 Å². The van der Waals surface area contributed by atoms with E-state index >= 15 is 0 Å². The molecule has 1 fully saturated rings. The van der Waals surface area contributed by atoms with E-state index in [1.807, 2.05) is 29.2 Å². The molecule has 0 radical (unpaired) electrons. The second kappa shape index (κ2) is 7.10. The maximum atomic E-state index is 13.1. The highest BCUT2D eigenvalue weighted by Gasteiger charge is 2.35. The number of carboxylic acids is 1. The van der Waals surface area contributed by atoms with Gasteiger partial charge in [-0.2, -0.15) is 5.10 Å². The summed E-state index contributed by atoms with van der Waals surface area (Å²) >= 11 is 0. The van der Waals surface area contributed by atoms with Crippen molar-refractivity contribution in [1.82, 2.24) is 14.7 Å². The van der Waals surface area contributed by atoms with E-state index in [1.165, 1.54) is 6.20 Å². The number of hydrogen-bond donors (Lipinski definition) is 2. The number of aromatic nitrogens is 2. The van der Waals surface area contributed by atoms with E-state index in [4.69, 9.17) is 0 Å². The summed E-state index contributed by atoms with van der Waals surface area (Å²) in [7, 11) is 0. The first-order valence-corrected chi connectivity index (χ1v) is 9.40. The molecule has 2 aromatic rings. The minimum absolute atomic E-state index is 0.0239. The number of aromatic carboxylic acids is 1. The number of para-hydroxylation sites is 1. The Balaban J connectivity index is 1.46. The van der Waals surface area contributed by atoms with Crippen LogP contribution < -0.4 is 5.32 Å². The van der Waals surface area contributed by atoms with Crippen LogP contribution in [0.3, 0.4) is 0 Å². The molecule has 2 amide bonds. The highest BCUT2D eigenvalue weighted by atomic mass is 16.4. The number of carbonyl (C=O) groups excluding carboxylic acids is 2. The molecule has 28 heavy (non-hydrogen) atoms. The van der Waals surface area contributed by atoms with Gasteiger partial charge in [0, 0.05) is 25.2 Å². The van der Waals surface area contributed by atoms with E-state index < -0.39 is 11.9 Å². The molecule has 1 aromatic heterocycles. The van der Waals surface area contributed by atoms with E-state index in [0.29, 0.717) is 37.3 Å². The van der Waals surface area contributed by atoms with E-state index in [0.717, 1.165) is 5.56 Å². The summed E-state index contributed by atoms with van der Waals surface area (Å²) in [4.78, 5) is 38.2. The summed E-state index contributed by atoms with van der Waals surface area (Å²) in [6, 6.07) is 7.50. The zero-order chi connectivity index (χ0) is 19.8. The van der Waals surface area contributed by atoms with Crippen molar-refractivity contribution in [3.05, 3.63) is 47.3 Å². The average Bonchev–Trinajstić information content (AvgIpc) is 3.08. The number of benzene rings is 1. The molecule has 8 heteroatoms. The lowest BCUT2D eigenvalue weighted by Gasteiger charge is -2.36. The number of fused-ring (bicyclic) bond motifs is 1. The fourth-order valence-electron chi connectivity index (χ4n) is 4.18. The summed E-state index contributed by atoms with van der Waals surface area (Å²) in [5, 5.41) is 16.3. The van der Waals surface area contributed by atoms with E-state index in [2.05, 4.69) is 10.4 Å². The zero-order valence-electron chi connectivity index (χ0n) is 15.6. The predicted molar refractivity (Wildman–Crippen MR) is 101 cm³/mol. The third-order valence-electron chi connectivity index (χ3n) is 5.70. The number of nitrogens with one attached hydrogen (secondary N) is 1. The van der Waals surface area contributed by atoms with Gasteiger partial charge in [-0.05, 0) is 31.4 Å². The lowest BCUT2D eigenvalue weighted by atomic mass is 9.88. The molecule has 1 saturated heterocycles. The molecular weight excluding hydrogens is 360 g/mol. The number of anilines is 1. The van der Waals surface area contributed by atoms with Gasteiger partial charge in [-0.25, -0.2) is 4.79 Å². The Labute approximate surface area is 162 Å². The summed E-state index contributed by atoms with van der Waals surface area (Å²) in [6.07, 6.45) is 2.95. The fourth-order valence-corrected chi connectivity index (χ4v) is 4.18. The lowest BCUT2D eigenvalue weighted by Crippen LogP contribution is -2.43. The molecule has 0 saturated carbocycles. The number of rotatable bonds is 3. The first-order valence-electron chi connectivity index (χ1n) is 9.40. The van der Waals surface area contributed by atoms with Crippen molar-refractivity contribution in [3.63, 3.8) is 0 Å². The quantitative estimate of drug-likeness (QED) is 0.847. The molecule has 146 valence electrons. The van der Waals surface area contributed by atoms with Crippen LogP contribution >= 0.6 is 0 Å². The van der Waals surface area contributed by atoms with Gasteiger partial charge >= 0.3 is 5.97 Å². The Kier molecular flexibility index (Phi) is 4.62. The number of carboxylic acid groups (broad SMARTS) is 1. The molecule has 0 bridgehead atoms. The Morgan fingerprint density at radius 2 is 1.93 bits per heavy atom. The number of carbonyl (C=O) groups is 3. The van der Waals surface area contributed by atoms with Crippen molar-refractivity contribution in [2.75, 3.05) is 18.4 Å². The van der Waals surface area contributed by atoms with Gasteiger partial charge < -0.3 is 15.3 Å². The fraction of sp³-hybridized carbons (Fsp3) is 0.400. The Morgan fingerprint density at radius 1 is 1.21 bits per heavy atom. The highest BCUT2D eigenvalue weighted by Crippen LogP contribution is 2.34. The summed E-state index contributed by atoms with van der Waals surface area (Å²) in [6.45, 7) is 2.88. The molecule has 1 atom stereocenters. The van der Waals surface area contributed by atoms with Crippen molar-refractivity contribution in [2.24, 2.45) is 0 Å². The van der Waals surface area contributed by atoms with Crippen LogP contribution in [0.4, 0.5) is 5.69 Å². The van der Waals surface area contributed by atoms with Crippen LogP contribution in [0.1, 0.15) is 52.8 Å². The molecule has 8 nitrogen and oxygen atoms in total. The molecule has 2 N–H and O–H groups in total. The molecule has 2 aliphatic rings. The van der Waals surface area contributed by atoms with Gasteiger partial charge in [0.25, 0.3) is 0 Å². The van der Waals surface area contributed by atoms with Gasteiger partial charge in [0.2, 0.25) is 11.8 Å². The third kappa shape index (κ3) is 3.15. The molecule has 0 aliphatic carbocycles. The van der Waals surface area contributed by atoms with Gasteiger partial charge in [0.05, 0.1) is 23.9 Å². The molecule has 4 rings (SSSR count). The minimum atomic E-state index is -0.981. The third-order valence-corrected chi connectivity index (χ3v) is 5.70. The number of amides is 2. The van der Waals surface area contributed by atoms with E-state index in [9.17, 15) is 19.5 Å². The second-order valence-corrected chi connectivity index (χ2v) is 7.34. The average molecular weight is 382 g/mol. The first kappa shape index (κ1) is 18.2. The van der Waals surface area contributed by atoms with Crippen molar-refractivity contribution in [1.29, 1.82) is 0 Å². The van der Waals surface area contributed by atoms with Crippen LogP contribution in [0.25, 0.3) is 0 Å². The van der Waals surface area contributed by atoms with Gasteiger partial charge in [-0.3, -0.25) is 14.3 Å². The highest BCUT2D eigenvalue weighted by molar-refractivity contribution is 6.01. The smallest absolute Gasteiger partial charge is 0.339 e. The molecule has 2 aliphatic heterocycles. The second-order valence-electron chi connectivity index (χ2n) is 7.34. The Hall–Kier alpha value is -3.16. The van der Waals surface area contributed by atoms with Crippen molar-refractivity contribution < 1.29 is 19.5 Å². The maximum Gasteiger partial charge on any atom is 0.339 e. The molecular formula is C20H22N4O4. The lowest BCUT2D eigenvalue weighted by molar-refractivity contribution is -0.136. The largest absolute Gasteiger partial charge is 0.478 e. The van der Waals surface area contributed by atoms with Crippen molar-refractivity contribution >= 4 is 23.5 Å². The van der Waals surface area contributed by atoms with Crippen LogP contribution in [0.15, 0.2) is 30.5 Å². The van der Waals surface area contributed by atoms with Crippen LogP contribution in [-0.2, 0) is 9.59 Å². The van der Waals surface area contributed by atoms with Crippen LogP contribution in [-0.4, -0.2) is 50.7 Å². The van der Waals surface area contributed by atoms with Crippen molar-refractivity contribution in [2.45, 2.75) is 38.1 Å². The molecule has 0 spiro atoms. The minimum Gasteiger partial charge on any atom is -0.478 e. The van der Waals surface area contributed by atoms with E-state index in [1.54, 1.807) is 11.6 Å². The van der Waals surface area contributed by atoms with Crippen LogP contribution in [0.5, 0.6) is 0 Å². The summed E-state index contributed by atoms with van der Waals surface area (Å²) in [5.74, 6) is -1.60. The zero-order valence-corrected chi connectivity index (χ0v) is 15.6. The van der Waals surface area contributed by atoms with Crippen LogP contribution in [0.2, 0.25) is 0 Å². The first-order chi connectivity index (χ1) is 13.5. The van der Waals surface area contributed by atoms with E-state index in [-0.39, 0.29) is 29.8 Å². The standard InChI is InChI=1S/C20H22N4O4/c1-12-16(20(27)28)11-21-24(12)13-6-8-23(9-7-13)19(26)15-10-18(25)22-17-5-3-2-4-14(15)17/h2-5,11,13,15H,6-10H2,1H3,(H,22,25)(H,27,28). The maximum absolute atomic E-state index is 13.1. The van der Waals surface area contributed by atoms with Gasteiger partial charge in [0.1, 0.15) is 5.56 Å². The van der Waals surface area contributed by atoms with Crippen molar-refractivity contribution in [3.8, 4) is 0 Å². The number of piperidine rings is 1. The van der Waals surface area contributed by atoms with Crippen LogP contribution in [0, 0.1) is 6.92 Å². The number of hydrogen-bond acceptors (Lipinski definition) is 4.